The zero-order valence-electron chi connectivity index (χ0n) is 10.8. The zero-order chi connectivity index (χ0) is 13.1. The summed E-state index contributed by atoms with van der Waals surface area (Å²) in [5.74, 6) is 1.69. The highest BCUT2D eigenvalue weighted by Crippen LogP contribution is 2.31. The van der Waals surface area contributed by atoms with Gasteiger partial charge in [0.2, 0.25) is 0 Å². The van der Waals surface area contributed by atoms with Crippen LogP contribution in [0.2, 0.25) is 0 Å². The normalized spacial score (nSPS) is 16.9. The second-order valence-electron chi connectivity index (χ2n) is 4.95. The van der Waals surface area contributed by atoms with Gasteiger partial charge in [-0.3, -0.25) is 4.68 Å². The first kappa shape index (κ1) is 12.3. The van der Waals surface area contributed by atoms with Gasteiger partial charge in [-0.15, -0.1) is 5.10 Å². The minimum atomic E-state index is 0.435. The van der Waals surface area contributed by atoms with Crippen molar-refractivity contribution < 1.29 is 4.52 Å². The first-order valence-corrected chi connectivity index (χ1v) is 6.81. The van der Waals surface area contributed by atoms with Crippen molar-refractivity contribution in [3.05, 3.63) is 12.0 Å². The van der Waals surface area contributed by atoms with Crippen molar-refractivity contribution in [1.82, 2.24) is 25.1 Å². The summed E-state index contributed by atoms with van der Waals surface area (Å²) < 4.78 is 6.97. The van der Waals surface area contributed by atoms with Crippen LogP contribution in [0.3, 0.4) is 0 Å². The Hall–Kier alpha value is -1.76. The Morgan fingerprint density at radius 2 is 2.16 bits per heavy atom. The highest BCUT2D eigenvalue weighted by Gasteiger charge is 2.22. The van der Waals surface area contributed by atoms with E-state index in [-0.39, 0.29) is 0 Å². The SMILES string of the molecule is NCCn1cc(-c2nc(C3CCCCC3)no2)nn1. The van der Waals surface area contributed by atoms with Gasteiger partial charge in [0.15, 0.2) is 11.5 Å². The third-order valence-electron chi connectivity index (χ3n) is 3.53. The standard InChI is InChI=1S/C12H18N6O/c13-6-7-18-8-10(15-17-18)12-14-11(16-19-12)9-4-2-1-3-5-9/h8-9H,1-7,13H2. The predicted molar refractivity (Wildman–Crippen MR) is 68.2 cm³/mol. The first-order valence-electron chi connectivity index (χ1n) is 6.81. The van der Waals surface area contributed by atoms with Crippen LogP contribution in [0.4, 0.5) is 0 Å². The largest absolute Gasteiger partial charge is 0.332 e. The van der Waals surface area contributed by atoms with E-state index in [1.54, 1.807) is 10.9 Å². The smallest absolute Gasteiger partial charge is 0.280 e. The predicted octanol–water partition coefficient (Wildman–Crippen LogP) is 1.33. The molecule has 19 heavy (non-hydrogen) atoms. The van der Waals surface area contributed by atoms with Gasteiger partial charge in [-0.05, 0) is 12.8 Å². The molecule has 0 amide bonds. The van der Waals surface area contributed by atoms with Crippen molar-refractivity contribution in [1.29, 1.82) is 0 Å². The number of aromatic nitrogens is 5. The Kier molecular flexibility index (Phi) is 3.54. The number of hydrogen-bond donors (Lipinski definition) is 1. The van der Waals surface area contributed by atoms with Crippen LogP contribution >= 0.6 is 0 Å². The molecule has 0 radical (unpaired) electrons. The first-order chi connectivity index (χ1) is 9.36. The van der Waals surface area contributed by atoms with Crippen molar-refractivity contribution in [3.63, 3.8) is 0 Å². The lowest BCUT2D eigenvalue weighted by atomic mass is 9.89. The van der Waals surface area contributed by atoms with E-state index in [4.69, 9.17) is 10.3 Å². The van der Waals surface area contributed by atoms with Crippen LogP contribution in [0.1, 0.15) is 43.8 Å². The van der Waals surface area contributed by atoms with Crippen molar-refractivity contribution in [2.24, 2.45) is 5.73 Å². The second kappa shape index (κ2) is 5.48. The Balaban J connectivity index is 1.75. The Labute approximate surface area is 111 Å². The van der Waals surface area contributed by atoms with Gasteiger partial charge in [0.25, 0.3) is 5.89 Å². The third kappa shape index (κ3) is 2.65. The molecule has 2 heterocycles. The molecule has 7 heteroatoms. The number of hydrogen-bond acceptors (Lipinski definition) is 6. The average molecular weight is 262 g/mol. The van der Waals surface area contributed by atoms with E-state index in [9.17, 15) is 0 Å². The molecular weight excluding hydrogens is 244 g/mol. The summed E-state index contributed by atoms with van der Waals surface area (Å²) in [6, 6.07) is 0. The Morgan fingerprint density at radius 1 is 1.32 bits per heavy atom. The van der Waals surface area contributed by atoms with Crippen LogP contribution in [0.15, 0.2) is 10.7 Å². The lowest BCUT2D eigenvalue weighted by molar-refractivity contribution is 0.385. The highest BCUT2D eigenvalue weighted by molar-refractivity contribution is 5.43. The molecule has 7 nitrogen and oxygen atoms in total. The maximum absolute atomic E-state index is 5.47. The van der Waals surface area contributed by atoms with Gasteiger partial charge in [-0.25, -0.2) is 0 Å². The molecule has 1 aliphatic carbocycles. The minimum Gasteiger partial charge on any atom is -0.332 e. The van der Waals surface area contributed by atoms with Gasteiger partial charge in [-0.2, -0.15) is 4.98 Å². The van der Waals surface area contributed by atoms with E-state index in [2.05, 4.69) is 20.5 Å². The summed E-state index contributed by atoms with van der Waals surface area (Å²) in [7, 11) is 0. The third-order valence-corrected chi connectivity index (χ3v) is 3.53. The molecule has 0 spiro atoms. The monoisotopic (exact) mass is 262 g/mol. The van der Waals surface area contributed by atoms with E-state index >= 15 is 0 Å². The molecule has 0 atom stereocenters. The Bertz CT molecular complexity index is 528. The molecule has 2 aromatic rings. The fraction of sp³-hybridized carbons (Fsp3) is 0.667. The molecule has 1 fully saturated rings. The highest BCUT2D eigenvalue weighted by atomic mass is 16.5. The minimum absolute atomic E-state index is 0.435. The van der Waals surface area contributed by atoms with Crippen molar-refractivity contribution in [2.75, 3.05) is 6.54 Å². The van der Waals surface area contributed by atoms with Gasteiger partial charge in [0.1, 0.15) is 0 Å². The molecule has 1 aliphatic rings. The average Bonchev–Trinajstić information content (AvgIpc) is 3.08. The van der Waals surface area contributed by atoms with Crippen LogP contribution in [-0.4, -0.2) is 31.7 Å². The molecular formula is C12H18N6O. The van der Waals surface area contributed by atoms with Crippen molar-refractivity contribution in [3.8, 4) is 11.6 Å². The number of nitrogens with zero attached hydrogens (tertiary/aromatic N) is 5. The summed E-state index contributed by atoms with van der Waals surface area (Å²) in [5.41, 5.74) is 6.08. The summed E-state index contributed by atoms with van der Waals surface area (Å²) in [5, 5.41) is 12.1. The van der Waals surface area contributed by atoms with Gasteiger partial charge >= 0.3 is 0 Å². The summed E-state index contributed by atoms with van der Waals surface area (Å²) in [6.07, 6.45) is 7.90. The number of nitrogens with two attached hydrogens (primary N) is 1. The second-order valence-corrected chi connectivity index (χ2v) is 4.95. The lowest BCUT2D eigenvalue weighted by Crippen LogP contribution is -2.10. The summed E-state index contributed by atoms with van der Waals surface area (Å²) in [6.45, 7) is 1.16. The molecule has 2 aromatic heterocycles. The molecule has 0 bridgehead atoms. The molecule has 3 rings (SSSR count). The van der Waals surface area contributed by atoms with E-state index in [0.29, 0.717) is 30.6 Å². The van der Waals surface area contributed by atoms with Crippen LogP contribution in [-0.2, 0) is 6.54 Å². The topological polar surface area (TPSA) is 95.7 Å². The molecule has 2 N–H and O–H groups in total. The lowest BCUT2D eigenvalue weighted by Gasteiger charge is -2.17. The molecule has 102 valence electrons. The Morgan fingerprint density at radius 3 is 2.95 bits per heavy atom. The summed E-state index contributed by atoms with van der Waals surface area (Å²) >= 11 is 0. The van der Waals surface area contributed by atoms with Gasteiger partial charge in [-0.1, -0.05) is 29.6 Å². The molecule has 1 saturated carbocycles. The van der Waals surface area contributed by atoms with Gasteiger partial charge in [0.05, 0.1) is 12.7 Å². The summed E-state index contributed by atoms with van der Waals surface area (Å²) in [4.78, 5) is 4.45. The van der Waals surface area contributed by atoms with Crippen LogP contribution in [0, 0.1) is 0 Å². The van der Waals surface area contributed by atoms with E-state index in [0.717, 1.165) is 18.7 Å². The zero-order valence-corrected chi connectivity index (χ0v) is 10.8. The van der Waals surface area contributed by atoms with Gasteiger partial charge in [0, 0.05) is 12.5 Å². The quantitative estimate of drug-likeness (QED) is 0.893. The maximum atomic E-state index is 5.47. The number of rotatable bonds is 4. The van der Waals surface area contributed by atoms with Crippen molar-refractivity contribution >= 4 is 0 Å². The van der Waals surface area contributed by atoms with Crippen LogP contribution in [0.5, 0.6) is 0 Å². The fourth-order valence-corrected chi connectivity index (χ4v) is 2.50. The van der Waals surface area contributed by atoms with Crippen LogP contribution < -0.4 is 5.73 Å². The molecule has 0 aliphatic heterocycles. The van der Waals surface area contributed by atoms with Crippen molar-refractivity contribution in [2.45, 2.75) is 44.6 Å². The van der Waals surface area contributed by atoms with E-state index in [1.165, 1.54) is 19.3 Å². The van der Waals surface area contributed by atoms with Crippen LogP contribution in [0.25, 0.3) is 11.6 Å². The molecule has 0 saturated heterocycles. The van der Waals surface area contributed by atoms with E-state index in [1.807, 2.05) is 0 Å². The van der Waals surface area contributed by atoms with Gasteiger partial charge < -0.3 is 10.3 Å². The maximum Gasteiger partial charge on any atom is 0.280 e. The van der Waals surface area contributed by atoms with E-state index < -0.39 is 0 Å². The fourth-order valence-electron chi connectivity index (χ4n) is 2.50. The molecule has 0 aromatic carbocycles. The molecule has 0 unspecified atom stereocenters.